The maximum Gasteiger partial charge on any atom is 0.227 e. The van der Waals surface area contributed by atoms with Gasteiger partial charge in [0.25, 0.3) is 0 Å². The molecule has 0 bridgehead atoms. The third-order valence-corrected chi connectivity index (χ3v) is 4.53. The van der Waals surface area contributed by atoms with Crippen molar-refractivity contribution in [3.05, 3.63) is 81.8 Å². The predicted molar refractivity (Wildman–Crippen MR) is 108 cm³/mol. The van der Waals surface area contributed by atoms with E-state index in [1.54, 1.807) is 18.3 Å². The molecule has 0 N–H and O–H groups in total. The van der Waals surface area contributed by atoms with Crippen molar-refractivity contribution in [2.45, 2.75) is 6.92 Å². The summed E-state index contributed by atoms with van der Waals surface area (Å²) < 4.78 is 5.83. The van der Waals surface area contributed by atoms with Crippen LogP contribution in [0, 0.1) is 6.92 Å². The van der Waals surface area contributed by atoms with Gasteiger partial charge in [-0.25, -0.2) is 4.98 Å². The lowest BCUT2D eigenvalue weighted by atomic mass is 10.2. The molecule has 1 heterocycles. The molecule has 0 atom stereocenters. The smallest absolute Gasteiger partial charge is 0.227 e. The van der Waals surface area contributed by atoms with Gasteiger partial charge in [0.15, 0.2) is 5.58 Å². The second kappa shape index (κ2) is 6.94. The Labute approximate surface area is 160 Å². The van der Waals surface area contributed by atoms with Gasteiger partial charge < -0.3 is 4.42 Å². The van der Waals surface area contributed by atoms with Crippen molar-refractivity contribution in [2.75, 3.05) is 0 Å². The Morgan fingerprint density at radius 1 is 0.962 bits per heavy atom. The number of benzene rings is 3. The first kappa shape index (κ1) is 16.8. The van der Waals surface area contributed by atoms with Gasteiger partial charge in [-0.3, -0.25) is 4.99 Å². The molecule has 0 fully saturated rings. The van der Waals surface area contributed by atoms with Crippen LogP contribution in [0.15, 0.2) is 70.1 Å². The van der Waals surface area contributed by atoms with Crippen LogP contribution in [0.1, 0.15) is 11.1 Å². The quantitative estimate of drug-likeness (QED) is 0.364. The van der Waals surface area contributed by atoms with Crippen LogP contribution >= 0.6 is 23.2 Å². The summed E-state index contributed by atoms with van der Waals surface area (Å²) in [6.07, 6.45) is 1.72. The van der Waals surface area contributed by atoms with E-state index in [4.69, 9.17) is 27.6 Å². The molecule has 1 aromatic heterocycles. The SMILES string of the molecule is Cc1ccc2oc(-c3ccc(N=Cc4ccc(Cl)cc4Cl)cc3)nc2c1. The highest BCUT2D eigenvalue weighted by molar-refractivity contribution is 6.36. The lowest BCUT2D eigenvalue weighted by molar-refractivity contribution is 0.620. The van der Waals surface area contributed by atoms with Crippen LogP contribution in [0.4, 0.5) is 5.69 Å². The summed E-state index contributed by atoms with van der Waals surface area (Å²) in [4.78, 5) is 9.00. The molecule has 26 heavy (non-hydrogen) atoms. The number of aliphatic imine (C=N–C) groups is 1. The molecule has 4 aromatic rings. The number of aromatic nitrogens is 1. The van der Waals surface area contributed by atoms with E-state index in [0.717, 1.165) is 33.5 Å². The van der Waals surface area contributed by atoms with Crippen molar-refractivity contribution < 1.29 is 4.42 Å². The molecule has 0 radical (unpaired) electrons. The van der Waals surface area contributed by atoms with E-state index in [9.17, 15) is 0 Å². The highest BCUT2D eigenvalue weighted by Crippen LogP contribution is 2.27. The summed E-state index contributed by atoms with van der Waals surface area (Å²) in [5, 5.41) is 1.17. The van der Waals surface area contributed by atoms with Crippen LogP contribution in [-0.4, -0.2) is 11.2 Å². The maximum absolute atomic E-state index is 6.15. The summed E-state index contributed by atoms with van der Waals surface area (Å²) >= 11 is 12.1. The topological polar surface area (TPSA) is 38.4 Å². The van der Waals surface area contributed by atoms with Gasteiger partial charge in [0.05, 0.1) is 10.7 Å². The lowest BCUT2D eigenvalue weighted by Crippen LogP contribution is -1.82. The average molecular weight is 381 g/mol. The summed E-state index contributed by atoms with van der Waals surface area (Å²) in [6, 6.07) is 19.0. The van der Waals surface area contributed by atoms with Crippen LogP contribution in [0.2, 0.25) is 10.0 Å². The second-order valence-corrected chi connectivity index (χ2v) is 6.80. The van der Waals surface area contributed by atoms with Gasteiger partial charge in [0.2, 0.25) is 5.89 Å². The van der Waals surface area contributed by atoms with E-state index in [-0.39, 0.29) is 0 Å². The fourth-order valence-corrected chi connectivity index (χ4v) is 3.06. The van der Waals surface area contributed by atoms with Crippen LogP contribution in [0.5, 0.6) is 0 Å². The number of oxazole rings is 1. The largest absolute Gasteiger partial charge is 0.436 e. The zero-order chi connectivity index (χ0) is 18.1. The Balaban J connectivity index is 1.58. The van der Waals surface area contributed by atoms with Crippen molar-refractivity contribution >= 4 is 46.2 Å². The van der Waals surface area contributed by atoms with E-state index < -0.39 is 0 Å². The Hall–Kier alpha value is -2.62. The molecular weight excluding hydrogens is 367 g/mol. The summed E-state index contributed by atoms with van der Waals surface area (Å²) in [5.41, 5.74) is 5.33. The molecule has 0 amide bonds. The van der Waals surface area contributed by atoms with Gasteiger partial charge in [-0.05, 0) is 61.0 Å². The van der Waals surface area contributed by atoms with Gasteiger partial charge in [-0.2, -0.15) is 0 Å². The van der Waals surface area contributed by atoms with Crippen LogP contribution in [0.25, 0.3) is 22.6 Å². The van der Waals surface area contributed by atoms with Crippen LogP contribution in [0.3, 0.4) is 0 Å². The minimum atomic E-state index is 0.569. The van der Waals surface area contributed by atoms with Gasteiger partial charge in [0.1, 0.15) is 5.52 Å². The highest BCUT2D eigenvalue weighted by atomic mass is 35.5. The first-order valence-corrected chi connectivity index (χ1v) is 8.81. The molecule has 3 aromatic carbocycles. The fourth-order valence-electron chi connectivity index (χ4n) is 2.60. The normalized spacial score (nSPS) is 11.5. The van der Waals surface area contributed by atoms with Gasteiger partial charge in [0, 0.05) is 22.4 Å². The standard InChI is InChI=1S/C21H14Cl2N2O/c1-13-2-9-20-19(10-13)25-21(26-20)14-4-7-17(8-5-14)24-12-15-3-6-16(22)11-18(15)23/h2-12H,1H3. The number of aryl methyl sites for hydroxylation is 1. The average Bonchev–Trinajstić information content (AvgIpc) is 3.04. The van der Waals surface area contributed by atoms with E-state index in [1.165, 1.54) is 0 Å². The molecule has 0 aliphatic heterocycles. The minimum Gasteiger partial charge on any atom is -0.436 e. The second-order valence-electron chi connectivity index (χ2n) is 5.96. The summed E-state index contributed by atoms with van der Waals surface area (Å²) in [6.45, 7) is 2.04. The fraction of sp³-hybridized carbons (Fsp3) is 0.0476. The van der Waals surface area contributed by atoms with Crippen molar-refractivity contribution in [3.8, 4) is 11.5 Å². The summed E-state index contributed by atoms with van der Waals surface area (Å²) in [5.74, 6) is 0.599. The zero-order valence-electron chi connectivity index (χ0n) is 13.9. The van der Waals surface area contributed by atoms with Crippen LogP contribution < -0.4 is 0 Å². The van der Waals surface area contributed by atoms with Crippen molar-refractivity contribution in [3.63, 3.8) is 0 Å². The van der Waals surface area contributed by atoms with E-state index in [1.807, 2.05) is 55.5 Å². The summed E-state index contributed by atoms with van der Waals surface area (Å²) in [7, 11) is 0. The Morgan fingerprint density at radius 2 is 1.77 bits per heavy atom. The minimum absolute atomic E-state index is 0.569. The van der Waals surface area contributed by atoms with E-state index in [2.05, 4.69) is 9.98 Å². The number of fused-ring (bicyclic) bond motifs is 1. The van der Waals surface area contributed by atoms with E-state index >= 15 is 0 Å². The molecule has 4 rings (SSSR count). The molecule has 5 heteroatoms. The number of rotatable bonds is 3. The van der Waals surface area contributed by atoms with Crippen LogP contribution in [-0.2, 0) is 0 Å². The van der Waals surface area contributed by atoms with Crippen molar-refractivity contribution in [2.24, 2.45) is 4.99 Å². The molecule has 3 nitrogen and oxygen atoms in total. The molecule has 0 saturated carbocycles. The van der Waals surface area contributed by atoms with E-state index in [0.29, 0.717) is 15.9 Å². The molecule has 128 valence electrons. The third-order valence-electron chi connectivity index (χ3n) is 3.97. The first-order valence-electron chi connectivity index (χ1n) is 8.05. The van der Waals surface area contributed by atoms with Gasteiger partial charge in [-0.15, -0.1) is 0 Å². The molecule has 0 saturated heterocycles. The Kier molecular flexibility index (Phi) is 4.49. The first-order chi connectivity index (χ1) is 12.6. The molecule has 0 unspecified atom stereocenters. The lowest BCUT2D eigenvalue weighted by Gasteiger charge is -1.99. The zero-order valence-corrected chi connectivity index (χ0v) is 15.4. The predicted octanol–water partition coefficient (Wildman–Crippen LogP) is 6.86. The third kappa shape index (κ3) is 3.50. The molecule has 0 aliphatic carbocycles. The monoisotopic (exact) mass is 380 g/mol. The number of halogens is 2. The Bertz CT molecular complexity index is 1110. The number of hydrogen-bond acceptors (Lipinski definition) is 3. The molecule has 0 spiro atoms. The highest BCUT2D eigenvalue weighted by Gasteiger charge is 2.08. The maximum atomic E-state index is 6.15. The number of hydrogen-bond donors (Lipinski definition) is 0. The Morgan fingerprint density at radius 3 is 2.54 bits per heavy atom. The molecule has 0 aliphatic rings. The number of nitrogens with zero attached hydrogens (tertiary/aromatic N) is 2. The van der Waals surface area contributed by atoms with Crippen molar-refractivity contribution in [1.29, 1.82) is 0 Å². The molecular formula is C21H14Cl2N2O. The van der Waals surface area contributed by atoms with Gasteiger partial charge >= 0.3 is 0 Å². The van der Waals surface area contributed by atoms with Gasteiger partial charge in [-0.1, -0.05) is 35.3 Å². The van der Waals surface area contributed by atoms with Crippen molar-refractivity contribution in [1.82, 2.24) is 4.98 Å².